The summed E-state index contributed by atoms with van der Waals surface area (Å²) < 4.78 is 10.9. The van der Waals surface area contributed by atoms with Crippen molar-refractivity contribution in [3.63, 3.8) is 0 Å². The van der Waals surface area contributed by atoms with Gasteiger partial charge in [-0.25, -0.2) is 0 Å². The van der Waals surface area contributed by atoms with Gasteiger partial charge in [-0.05, 0) is 36.8 Å². The highest BCUT2D eigenvalue weighted by atomic mass is 35.5. The Balaban J connectivity index is 1.82. The van der Waals surface area contributed by atoms with Crippen molar-refractivity contribution in [3.8, 4) is 5.75 Å². The second kappa shape index (κ2) is 6.84. The van der Waals surface area contributed by atoms with E-state index in [-0.39, 0.29) is 12.8 Å². The fraction of sp³-hybridized carbons (Fsp3) is 0.250. The van der Waals surface area contributed by atoms with E-state index in [1.807, 2.05) is 6.92 Å². The number of halogens is 1. The number of hydrogen-bond acceptors (Lipinski definition) is 6. The van der Waals surface area contributed by atoms with E-state index in [0.29, 0.717) is 28.1 Å². The number of benzene rings is 1. The smallest absolute Gasteiger partial charge is 0.303 e. The molecule has 3 rings (SSSR count). The molecule has 0 saturated carbocycles. The third-order valence-electron chi connectivity index (χ3n) is 3.37. The summed E-state index contributed by atoms with van der Waals surface area (Å²) in [6.45, 7) is 1.89. The Hall–Kier alpha value is -2.67. The van der Waals surface area contributed by atoms with Crippen LogP contribution in [0, 0.1) is 6.92 Å². The molecule has 3 aromatic rings. The SMILES string of the molecule is Cc1cnnc(C(Cl)Oc2ccc3onc(CCC(=O)O)c3c2)c1. The highest BCUT2D eigenvalue weighted by molar-refractivity contribution is 6.19. The third-order valence-corrected chi connectivity index (χ3v) is 3.69. The van der Waals surface area contributed by atoms with Crippen LogP contribution in [0.15, 0.2) is 35.0 Å². The van der Waals surface area contributed by atoms with E-state index in [4.69, 9.17) is 26.0 Å². The highest BCUT2D eigenvalue weighted by Gasteiger charge is 2.15. The van der Waals surface area contributed by atoms with E-state index in [1.165, 1.54) is 0 Å². The molecule has 1 atom stereocenters. The van der Waals surface area contributed by atoms with Crippen LogP contribution in [-0.2, 0) is 11.2 Å². The molecular formula is C16H14ClN3O4. The van der Waals surface area contributed by atoms with Gasteiger partial charge in [-0.3, -0.25) is 4.79 Å². The predicted molar refractivity (Wildman–Crippen MR) is 86.0 cm³/mol. The number of rotatable bonds is 6. The third kappa shape index (κ3) is 3.62. The molecule has 1 unspecified atom stereocenters. The summed E-state index contributed by atoms with van der Waals surface area (Å²) in [5.41, 5.74) is 1.77. The molecular weight excluding hydrogens is 334 g/mol. The fourth-order valence-corrected chi connectivity index (χ4v) is 2.43. The lowest BCUT2D eigenvalue weighted by atomic mass is 10.1. The van der Waals surface area contributed by atoms with Crippen LogP contribution in [-0.4, -0.2) is 26.4 Å². The Morgan fingerprint density at radius 2 is 2.25 bits per heavy atom. The summed E-state index contributed by atoms with van der Waals surface area (Å²) in [7, 11) is 0. The van der Waals surface area contributed by atoms with Crippen LogP contribution < -0.4 is 4.74 Å². The second-order valence-corrected chi connectivity index (χ2v) is 5.67. The molecule has 0 aliphatic carbocycles. The quantitative estimate of drug-likeness (QED) is 0.683. The molecule has 0 saturated heterocycles. The maximum atomic E-state index is 10.7. The first-order chi connectivity index (χ1) is 11.5. The zero-order chi connectivity index (χ0) is 17.1. The van der Waals surface area contributed by atoms with Crippen LogP contribution in [0.1, 0.15) is 28.9 Å². The molecule has 0 amide bonds. The Bertz CT molecular complexity index is 881. The Morgan fingerprint density at radius 1 is 1.42 bits per heavy atom. The minimum absolute atomic E-state index is 0.0241. The molecule has 0 aliphatic heterocycles. The summed E-state index contributed by atoms with van der Waals surface area (Å²) >= 11 is 6.24. The normalized spacial score (nSPS) is 12.2. The van der Waals surface area contributed by atoms with Crippen molar-refractivity contribution in [3.05, 3.63) is 47.4 Å². The van der Waals surface area contributed by atoms with Crippen molar-refractivity contribution >= 4 is 28.5 Å². The molecule has 0 aliphatic rings. The van der Waals surface area contributed by atoms with Crippen molar-refractivity contribution in [2.45, 2.75) is 25.3 Å². The zero-order valence-electron chi connectivity index (χ0n) is 12.8. The number of alkyl halides is 1. The molecule has 0 spiro atoms. The molecule has 0 bridgehead atoms. The Labute approximate surface area is 142 Å². The molecule has 0 radical (unpaired) electrons. The lowest BCUT2D eigenvalue weighted by molar-refractivity contribution is -0.136. The number of carbonyl (C=O) groups is 1. The van der Waals surface area contributed by atoms with E-state index < -0.39 is 11.5 Å². The number of fused-ring (bicyclic) bond motifs is 1. The molecule has 124 valence electrons. The molecule has 1 N–H and O–H groups in total. The predicted octanol–water partition coefficient (Wildman–Crippen LogP) is 3.26. The van der Waals surface area contributed by atoms with Crippen molar-refractivity contribution in [1.29, 1.82) is 0 Å². The molecule has 24 heavy (non-hydrogen) atoms. The summed E-state index contributed by atoms with van der Waals surface area (Å²) in [6, 6.07) is 6.92. The summed E-state index contributed by atoms with van der Waals surface area (Å²) in [5.74, 6) is -0.386. The van der Waals surface area contributed by atoms with E-state index in [9.17, 15) is 4.79 Å². The minimum atomic E-state index is -0.891. The van der Waals surface area contributed by atoms with Gasteiger partial charge in [0, 0.05) is 11.8 Å². The fourth-order valence-electron chi connectivity index (χ4n) is 2.22. The van der Waals surface area contributed by atoms with Gasteiger partial charge in [0.05, 0.1) is 18.3 Å². The van der Waals surface area contributed by atoms with Crippen LogP contribution in [0.5, 0.6) is 5.75 Å². The van der Waals surface area contributed by atoms with Crippen LogP contribution >= 0.6 is 11.6 Å². The maximum absolute atomic E-state index is 10.7. The second-order valence-electron chi connectivity index (χ2n) is 5.27. The van der Waals surface area contributed by atoms with Gasteiger partial charge in [-0.1, -0.05) is 16.8 Å². The van der Waals surface area contributed by atoms with Gasteiger partial charge in [-0.2, -0.15) is 10.2 Å². The van der Waals surface area contributed by atoms with Crippen LogP contribution in [0.4, 0.5) is 0 Å². The molecule has 2 heterocycles. The van der Waals surface area contributed by atoms with Crippen LogP contribution in [0.2, 0.25) is 0 Å². The van der Waals surface area contributed by atoms with Crippen molar-refractivity contribution in [1.82, 2.24) is 15.4 Å². The lowest BCUT2D eigenvalue weighted by Crippen LogP contribution is -2.04. The van der Waals surface area contributed by atoms with E-state index in [1.54, 1.807) is 30.5 Å². The van der Waals surface area contributed by atoms with Gasteiger partial charge >= 0.3 is 5.97 Å². The number of nitrogens with zero attached hydrogens (tertiary/aromatic N) is 3. The van der Waals surface area contributed by atoms with Crippen LogP contribution in [0.25, 0.3) is 11.0 Å². The Morgan fingerprint density at radius 3 is 3.00 bits per heavy atom. The number of aromatic nitrogens is 3. The molecule has 0 fully saturated rings. The number of carboxylic acid groups (broad SMARTS) is 1. The van der Waals surface area contributed by atoms with Crippen LogP contribution in [0.3, 0.4) is 0 Å². The van der Waals surface area contributed by atoms with E-state index in [2.05, 4.69) is 15.4 Å². The Kier molecular flexibility index (Phi) is 4.61. The first-order valence-corrected chi connectivity index (χ1v) is 7.66. The van der Waals surface area contributed by atoms with Crippen molar-refractivity contribution < 1.29 is 19.2 Å². The zero-order valence-corrected chi connectivity index (χ0v) is 13.5. The lowest BCUT2D eigenvalue weighted by Gasteiger charge is -2.12. The average Bonchev–Trinajstić information content (AvgIpc) is 2.95. The monoisotopic (exact) mass is 347 g/mol. The summed E-state index contributed by atoms with van der Waals surface area (Å²) in [6.07, 6.45) is 1.88. The van der Waals surface area contributed by atoms with Gasteiger partial charge in [0.15, 0.2) is 5.58 Å². The van der Waals surface area contributed by atoms with Gasteiger partial charge < -0.3 is 14.4 Å². The maximum Gasteiger partial charge on any atom is 0.303 e. The highest BCUT2D eigenvalue weighted by Crippen LogP contribution is 2.29. The number of carboxylic acids is 1. The average molecular weight is 348 g/mol. The van der Waals surface area contributed by atoms with Gasteiger partial charge in [0.25, 0.3) is 0 Å². The minimum Gasteiger partial charge on any atom is -0.481 e. The molecule has 2 aromatic heterocycles. The molecule has 7 nitrogen and oxygen atoms in total. The van der Waals surface area contributed by atoms with Crippen molar-refractivity contribution in [2.24, 2.45) is 0 Å². The molecule has 8 heteroatoms. The summed E-state index contributed by atoms with van der Waals surface area (Å²) in [5, 5.41) is 21.2. The number of ether oxygens (including phenoxy) is 1. The van der Waals surface area contributed by atoms with Gasteiger partial charge in [0.1, 0.15) is 11.4 Å². The number of aryl methyl sites for hydroxylation is 2. The van der Waals surface area contributed by atoms with E-state index >= 15 is 0 Å². The number of hydrogen-bond donors (Lipinski definition) is 1. The largest absolute Gasteiger partial charge is 0.481 e. The van der Waals surface area contributed by atoms with Gasteiger partial charge in [0.2, 0.25) is 5.56 Å². The molecule has 1 aromatic carbocycles. The number of aliphatic carboxylic acids is 1. The van der Waals surface area contributed by atoms with Gasteiger partial charge in [-0.15, -0.1) is 0 Å². The first kappa shape index (κ1) is 16.2. The topological polar surface area (TPSA) is 98.3 Å². The van der Waals surface area contributed by atoms with E-state index in [0.717, 1.165) is 5.56 Å². The first-order valence-electron chi connectivity index (χ1n) is 7.23. The standard InChI is InChI=1S/C16H14ClN3O4/c1-9-6-13(19-18-8-9)16(17)23-10-2-4-14-11(7-10)12(20-24-14)3-5-15(21)22/h2,4,6-8,16H,3,5H2,1H3,(H,21,22). The summed E-state index contributed by atoms with van der Waals surface area (Å²) in [4.78, 5) is 10.7. The van der Waals surface area contributed by atoms with Crippen molar-refractivity contribution in [2.75, 3.05) is 0 Å².